The molecular formula is C24H28ClN5. The van der Waals surface area contributed by atoms with Crippen molar-refractivity contribution in [2.45, 2.75) is 32.9 Å². The molecule has 1 aliphatic rings. The molecule has 156 valence electrons. The Morgan fingerprint density at radius 3 is 2.60 bits per heavy atom. The van der Waals surface area contributed by atoms with Gasteiger partial charge < -0.3 is 10.2 Å². The van der Waals surface area contributed by atoms with Crippen LogP contribution in [0.2, 0.25) is 5.02 Å². The summed E-state index contributed by atoms with van der Waals surface area (Å²) >= 11 is 5.99. The molecule has 1 aliphatic heterocycles. The van der Waals surface area contributed by atoms with Gasteiger partial charge in [-0.15, -0.1) is 0 Å². The number of anilines is 3. The minimum absolute atomic E-state index is 0.455. The van der Waals surface area contributed by atoms with Gasteiger partial charge in [0.2, 0.25) is 5.95 Å². The lowest BCUT2D eigenvalue weighted by Gasteiger charge is -2.29. The van der Waals surface area contributed by atoms with E-state index in [0.717, 1.165) is 49.8 Å². The highest BCUT2D eigenvalue weighted by Crippen LogP contribution is 2.25. The Labute approximate surface area is 183 Å². The molecule has 2 heterocycles. The SMILES string of the molecule is CCN(c1cc(C)nc(Nc2ccc(Cl)cc2)n1)[C@H]1CCN(Cc2ccccc2)C1. The first-order valence-corrected chi connectivity index (χ1v) is 10.9. The number of benzene rings is 2. The van der Waals surface area contributed by atoms with Gasteiger partial charge in [0.25, 0.3) is 0 Å². The molecule has 0 spiro atoms. The van der Waals surface area contributed by atoms with Crippen molar-refractivity contribution in [1.29, 1.82) is 0 Å². The quantitative estimate of drug-likeness (QED) is 0.562. The second-order valence-corrected chi connectivity index (χ2v) is 8.21. The minimum Gasteiger partial charge on any atom is -0.352 e. The maximum atomic E-state index is 5.99. The summed E-state index contributed by atoms with van der Waals surface area (Å²) in [6.45, 7) is 8.29. The van der Waals surface area contributed by atoms with Gasteiger partial charge >= 0.3 is 0 Å². The molecule has 0 unspecified atom stereocenters. The number of rotatable bonds is 7. The van der Waals surface area contributed by atoms with Crippen LogP contribution in [0.25, 0.3) is 0 Å². The molecule has 1 saturated heterocycles. The normalized spacial score (nSPS) is 16.6. The fraction of sp³-hybridized carbons (Fsp3) is 0.333. The van der Waals surface area contributed by atoms with E-state index < -0.39 is 0 Å². The second-order valence-electron chi connectivity index (χ2n) is 7.77. The zero-order valence-corrected chi connectivity index (χ0v) is 18.3. The molecule has 6 heteroatoms. The third-order valence-corrected chi connectivity index (χ3v) is 5.77. The summed E-state index contributed by atoms with van der Waals surface area (Å²) in [5.74, 6) is 1.60. The number of aromatic nitrogens is 2. The van der Waals surface area contributed by atoms with Crippen LogP contribution >= 0.6 is 11.6 Å². The summed E-state index contributed by atoms with van der Waals surface area (Å²) in [7, 11) is 0. The average molecular weight is 422 g/mol. The topological polar surface area (TPSA) is 44.3 Å². The molecule has 4 rings (SSSR count). The number of aryl methyl sites for hydroxylation is 1. The molecule has 2 aromatic carbocycles. The van der Waals surface area contributed by atoms with Crippen LogP contribution in [0.1, 0.15) is 24.6 Å². The Kier molecular flexibility index (Phi) is 6.50. The number of nitrogens with one attached hydrogen (secondary N) is 1. The van der Waals surface area contributed by atoms with Crippen molar-refractivity contribution in [3.05, 3.63) is 76.9 Å². The lowest BCUT2D eigenvalue weighted by atomic mass is 10.2. The molecule has 1 aromatic heterocycles. The smallest absolute Gasteiger partial charge is 0.229 e. The average Bonchev–Trinajstić information content (AvgIpc) is 3.19. The van der Waals surface area contributed by atoms with Crippen molar-refractivity contribution in [3.8, 4) is 0 Å². The molecule has 1 fully saturated rings. The van der Waals surface area contributed by atoms with Crippen molar-refractivity contribution in [3.63, 3.8) is 0 Å². The zero-order chi connectivity index (χ0) is 20.9. The van der Waals surface area contributed by atoms with Gasteiger partial charge in [0.1, 0.15) is 5.82 Å². The largest absolute Gasteiger partial charge is 0.352 e. The molecule has 0 bridgehead atoms. The summed E-state index contributed by atoms with van der Waals surface area (Å²) in [4.78, 5) is 14.3. The Morgan fingerprint density at radius 2 is 1.87 bits per heavy atom. The van der Waals surface area contributed by atoms with Crippen LogP contribution in [0.4, 0.5) is 17.5 Å². The van der Waals surface area contributed by atoms with Gasteiger partial charge in [-0.2, -0.15) is 4.98 Å². The maximum Gasteiger partial charge on any atom is 0.229 e. The zero-order valence-electron chi connectivity index (χ0n) is 17.6. The monoisotopic (exact) mass is 421 g/mol. The lowest BCUT2D eigenvalue weighted by molar-refractivity contribution is 0.325. The fourth-order valence-corrected chi connectivity index (χ4v) is 4.20. The number of likely N-dealkylation sites (N-methyl/N-ethyl adjacent to an activating group) is 1. The first kappa shape index (κ1) is 20.6. The third kappa shape index (κ3) is 5.10. The van der Waals surface area contributed by atoms with E-state index in [0.29, 0.717) is 17.0 Å². The second kappa shape index (κ2) is 9.45. The van der Waals surface area contributed by atoms with Crippen molar-refractivity contribution < 1.29 is 0 Å². The van der Waals surface area contributed by atoms with E-state index in [1.807, 2.05) is 31.2 Å². The van der Waals surface area contributed by atoms with Crippen molar-refractivity contribution in [2.24, 2.45) is 0 Å². The van der Waals surface area contributed by atoms with Crippen LogP contribution < -0.4 is 10.2 Å². The summed E-state index contributed by atoms with van der Waals surface area (Å²) < 4.78 is 0. The molecular weight excluding hydrogens is 394 g/mol. The third-order valence-electron chi connectivity index (χ3n) is 5.51. The summed E-state index contributed by atoms with van der Waals surface area (Å²) in [6.07, 6.45) is 1.14. The van der Waals surface area contributed by atoms with Crippen LogP contribution in [-0.4, -0.2) is 40.5 Å². The summed E-state index contributed by atoms with van der Waals surface area (Å²) in [5, 5.41) is 4.02. The molecule has 0 aliphatic carbocycles. The number of likely N-dealkylation sites (tertiary alicyclic amines) is 1. The molecule has 1 atom stereocenters. The minimum atomic E-state index is 0.455. The van der Waals surface area contributed by atoms with E-state index in [2.05, 4.69) is 63.4 Å². The van der Waals surface area contributed by atoms with E-state index >= 15 is 0 Å². The van der Waals surface area contributed by atoms with Crippen molar-refractivity contribution in [2.75, 3.05) is 29.9 Å². The van der Waals surface area contributed by atoms with Crippen LogP contribution in [0.15, 0.2) is 60.7 Å². The lowest BCUT2D eigenvalue weighted by Crippen LogP contribution is -2.38. The van der Waals surface area contributed by atoms with E-state index in [4.69, 9.17) is 16.6 Å². The van der Waals surface area contributed by atoms with Gasteiger partial charge in [-0.25, -0.2) is 4.98 Å². The summed E-state index contributed by atoms with van der Waals surface area (Å²) in [6, 6.07) is 20.8. The van der Waals surface area contributed by atoms with Crippen molar-refractivity contribution in [1.82, 2.24) is 14.9 Å². The molecule has 0 saturated carbocycles. The number of hydrogen-bond donors (Lipinski definition) is 1. The van der Waals surface area contributed by atoms with Gasteiger partial charge in [-0.3, -0.25) is 4.90 Å². The van der Waals surface area contributed by atoms with Crippen molar-refractivity contribution >= 4 is 29.1 Å². The van der Waals surface area contributed by atoms with Crippen LogP contribution in [0, 0.1) is 6.92 Å². The van der Waals surface area contributed by atoms with Gasteiger partial charge in [-0.1, -0.05) is 41.9 Å². The Morgan fingerprint density at radius 1 is 1.10 bits per heavy atom. The van der Waals surface area contributed by atoms with Gasteiger partial charge in [0.15, 0.2) is 0 Å². The molecule has 3 aromatic rings. The predicted octanol–water partition coefficient (Wildman–Crippen LogP) is 5.28. The van der Waals surface area contributed by atoms with E-state index in [1.54, 1.807) is 0 Å². The highest BCUT2D eigenvalue weighted by molar-refractivity contribution is 6.30. The van der Waals surface area contributed by atoms with Crippen LogP contribution in [0.5, 0.6) is 0 Å². The highest BCUT2D eigenvalue weighted by Gasteiger charge is 2.28. The van der Waals surface area contributed by atoms with E-state index in [1.165, 1.54) is 5.56 Å². The fourth-order valence-electron chi connectivity index (χ4n) is 4.08. The molecule has 0 radical (unpaired) electrons. The van der Waals surface area contributed by atoms with Gasteiger partial charge in [0.05, 0.1) is 0 Å². The number of nitrogens with zero attached hydrogens (tertiary/aromatic N) is 4. The Bertz CT molecular complexity index is 961. The molecule has 30 heavy (non-hydrogen) atoms. The van der Waals surface area contributed by atoms with Gasteiger partial charge in [-0.05, 0) is 50.1 Å². The predicted molar refractivity (Wildman–Crippen MR) is 125 cm³/mol. The first-order valence-electron chi connectivity index (χ1n) is 10.5. The van der Waals surface area contributed by atoms with Crippen LogP contribution in [-0.2, 0) is 6.54 Å². The maximum absolute atomic E-state index is 5.99. The molecule has 1 N–H and O–H groups in total. The van der Waals surface area contributed by atoms with Gasteiger partial charge in [0, 0.05) is 54.7 Å². The number of hydrogen-bond acceptors (Lipinski definition) is 5. The van der Waals surface area contributed by atoms with Crippen LogP contribution in [0.3, 0.4) is 0 Å². The number of halogens is 1. The van der Waals surface area contributed by atoms with E-state index in [9.17, 15) is 0 Å². The molecule has 5 nitrogen and oxygen atoms in total. The Balaban J connectivity index is 1.47. The summed E-state index contributed by atoms with van der Waals surface area (Å²) in [5.41, 5.74) is 3.25. The van der Waals surface area contributed by atoms with E-state index in [-0.39, 0.29) is 0 Å². The Hall–Kier alpha value is -2.63. The molecule has 0 amide bonds. The standard InChI is InChI=1S/C24H28ClN5/c1-3-30(22-13-14-29(17-22)16-19-7-5-4-6-8-19)23-15-18(2)26-24(28-23)27-21-11-9-20(25)10-12-21/h4-12,15,22H,3,13-14,16-17H2,1-2H3,(H,26,27,28)/t22-/m0/s1. The first-order chi connectivity index (χ1) is 14.6. The highest BCUT2D eigenvalue weighted by atomic mass is 35.5.